The van der Waals surface area contributed by atoms with Crippen molar-refractivity contribution < 1.29 is 4.39 Å². The average molecular weight is 342 g/mol. The maximum Gasteiger partial charge on any atom is 0.147 e. The summed E-state index contributed by atoms with van der Waals surface area (Å²) >= 11 is 0. The van der Waals surface area contributed by atoms with Gasteiger partial charge in [0.15, 0.2) is 0 Å². The van der Waals surface area contributed by atoms with Gasteiger partial charge >= 0.3 is 0 Å². The molecule has 0 radical (unpaired) electrons. The molecular weight excluding hydrogens is 319 g/mol. The molecule has 2 aromatic heterocycles. The Morgan fingerprint density at radius 1 is 1.24 bits per heavy atom. The molecule has 3 aromatic rings. The number of benzene rings is 1. The van der Waals surface area contributed by atoms with Crippen LogP contribution in [-0.4, -0.2) is 33.4 Å². The topological polar surface area (TPSA) is 50.9 Å². The highest BCUT2D eigenvalue weighted by molar-refractivity contribution is 5.48. The maximum atomic E-state index is 14.3. The van der Waals surface area contributed by atoms with E-state index in [-0.39, 0.29) is 5.82 Å². The van der Waals surface area contributed by atoms with Gasteiger partial charge in [-0.2, -0.15) is 5.10 Å². The zero-order valence-electron chi connectivity index (χ0n) is 15.0. The van der Waals surface area contributed by atoms with Crippen LogP contribution in [0.1, 0.15) is 16.8 Å². The molecule has 0 fully saturated rings. The zero-order chi connectivity index (χ0) is 18.0. The molecule has 0 aliphatic carbocycles. The molecule has 132 valence electrons. The van der Waals surface area contributed by atoms with Crippen LogP contribution in [0.15, 0.2) is 36.9 Å². The predicted molar refractivity (Wildman–Crippen MR) is 96.3 cm³/mol. The van der Waals surface area contributed by atoms with Crippen LogP contribution in [-0.2, 0) is 20.1 Å². The largest absolute Gasteiger partial charge is 0.363 e. The number of rotatable bonds is 6. The molecule has 0 aliphatic rings. The minimum absolute atomic E-state index is 0.260. The second-order valence-corrected chi connectivity index (χ2v) is 6.26. The summed E-state index contributed by atoms with van der Waals surface area (Å²) in [5.74, 6) is 0.815. The van der Waals surface area contributed by atoms with Gasteiger partial charge in [0.2, 0.25) is 0 Å². The van der Waals surface area contributed by atoms with E-state index in [0.29, 0.717) is 18.8 Å². The maximum absolute atomic E-state index is 14.3. The van der Waals surface area contributed by atoms with Crippen molar-refractivity contribution in [3.8, 4) is 5.69 Å². The summed E-state index contributed by atoms with van der Waals surface area (Å²) < 4.78 is 17.8. The van der Waals surface area contributed by atoms with E-state index in [4.69, 9.17) is 0 Å². The fourth-order valence-electron chi connectivity index (χ4n) is 3.06. The molecule has 0 aliphatic heterocycles. The van der Waals surface area contributed by atoms with Gasteiger partial charge in [0.25, 0.3) is 0 Å². The molecule has 1 aromatic carbocycles. The van der Waals surface area contributed by atoms with Gasteiger partial charge in [-0.3, -0.25) is 4.68 Å². The van der Waals surface area contributed by atoms with Crippen LogP contribution < -0.4 is 10.2 Å². The molecule has 7 heteroatoms. The van der Waals surface area contributed by atoms with E-state index in [1.807, 2.05) is 38.8 Å². The second-order valence-electron chi connectivity index (χ2n) is 6.26. The van der Waals surface area contributed by atoms with Crippen molar-refractivity contribution in [2.45, 2.75) is 20.0 Å². The van der Waals surface area contributed by atoms with E-state index in [2.05, 4.69) is 20.3 Å². The van der Waals surface area contributed by atoms with Crippen LogP contribution in [0.3, 0.4) is 0 Å². The van der Waals surface area contributed by atoms with Gasteiger partial charge in [0.05, 0.1) is 17.7 Å². The van der Waals surface area contributed by atoms with Crippen molar-refractivity contribution >= 4 is 5.82 Å². The molecule has 6 nitrogen and oxygen atoms in total. The summed E-state index contributed by atoms with van der Waals surface area (Å²) in [6.45, 7) is 3.27. The fourth-order valence-corrected chi connectivity index (χ4v) is 3.06. The lowest BCUT2D eigenvalue weighted by Gasteiger charge is -2.16. The highest BCUT2D eigenvalue weighted by Crippen LogP contribution is 2.21. The van der Waals surface area contributed by atoms with E-state index >= 15 is 0 Å². The Morgan fingerprint density at radius 3 is 2.68 bits per heavy atom. The molecule has 0 spiro atoms. The zero-order valence-corrected chi connectivity index (χ0v) is 15.0. The third-order valence-electron chi connectivity index (χ3n) is 4.16. The molecule has 0 unspecified atom stereocenters. The summed E-state index contributed by atoms with van der Waals surface area (Å²) in [7, 11) is 5.95. The van der Waals surface area contributed by atoms with Gasteiger partial charge in [-0.25, -0.2) is 9.37 Å². The van der Waals surface area contributed by atoms with Crippen LogP contribution in [0, 0.1) is 12.7 Å². The van der Waals surface area contributed by atoms with E-state index < -0.39 is 0 Å². The normalized spacial score (nSPS) is 11.1. The van der Waals surface area contributed by atoms with E-state index in [1.54, 1.807) is 35.4 Å². The Bertz CT molecular complexity index is 851. The molecule has 25 heavy (non-hydrogen) atoms. The van der Waals surface area contributed by atoms with Crippen molar-refractivity contribution in [1.29, 1.82) is 0 Å². The first-order valence-corrected chi connectivity index (χ1v) is 8.14. The highest BCUT2D eigenvalue weighted by Gasteiger charge is 2.14. The summed E-state index contributed by atoms with van der Waals surface area (Å²) in [5, 5.41) is 7.86. The molecule has 0 saturated carbocycles. The first kappa shape index (κ1) is 17.2. The Morgan fingerprint density at radius 2 is 2.04 bits per heavy atom. The number of halogens is 1. The number of aromatic nitrogens is 4. The van der Waals surface area contributed by atoms with Crippen molar-refractivity contribution in [1.82, 2.24) is 24.6 Å². The number of imidazole rings is 1. The third kappa shape index (κ3) is 3.56. The summed E-state index contributed by atoms with van der Waals surface area (Å²) in [6.07, 6.45) is 4.95. The van der Waals surface area contributed by atoms with E-state index in [1.165, 1.54) is 0 Å². The molecule has 3 rings (SSSR count). The summed E-state index contributed by atoms with van der Waals surface area (Å²) in [5.41, 5.74) is 3.55. The van der Waals surface area contributed by atoms with E-state index in [0.717, 1.165) is 22.6 Å². The molecule has 0 atom stereocenters. The number of anilines is 1. The number of hydrogen-bond donors (Lipinski definition) is 1. The number of nitrogens with zero attached hydrogens (tertiary/aromatic N) is 5. The molecule has 0 bridgehead atoms. The van der Waals surface area contributed by atoms with Crippen molar-refractivity contribution in [3.63, 3.8) is 0 Å². The van der Waals surface area contributed by atoms with Gasteiger partial charge < -0.3 is 14.8 Å². The fraction of sp³-hybridized carbons (Fsp3) is 0.333. The van der Waals surface area contributed by atoms with E-state index in [9.17, 15) is 4.39 Å². The van der Waals surface area contributed by atoms with Gasteiger partial charge in [0.1, 0.15) is 11.6 Å². The number of aryl methyl sites for hydroxylation is 2. The molecule has 0 saturated heterocycles. The minimum Gasteiger partial charge on any atom is -0.363 e. The first-order chi connectivity index (χ1) is 12.0. The SMILES string of the molecule is Cc1nn(C)c(N(C)C)c1CNCc1ccc(-n2ccnc2)c(F)c1. The van der Waals surface area contributed by atoms with Gasteiger partial charge in [-0.1, -0.05) is 6.07 Å². The molecule has 1 N–H and O–H groups in total. The molecule has 2 heterocycles. The Kier molecular flexibility index (Phi) is 4.85. The number of nitrogens with one attached hydrogen (secondary N) is 1. The third-order valence-corrected chi connectivity index (χ3v) is 4.16. The van der Waals surface area contributed by atoms with Crippen LogP contribution in [0.4, 0.5) is 10.2 Å². The number of hydrogen-bond acceptors (Lipinski definition) is 4. The second kappa shape index (κ2) is 7.06. The van der Waals surface area contributed by atoms with Gasteiger partial charge in [-0.05, 0) is 24.6 Å². The lowest BCUT2D eigenvalue weighted by molar-refractivity contribution is 0.611. The highest BCUT2D eigenvalue weighted by atomic mass is 19.1. The van der Waals surface area contributed by atoms with Crippen LogP contribution in [0.25, 0.3) is 5.69 Å². The summed E-state index contributed by atoms with van der Waals surface area (Å²) in [4.78, 5) is 6.00. The quantitative estimate of drug-likeness (QED) is 0.747. The van der Waals surface area contributed by atoms with Crippen molar-refractivity contribution in [2.75, 3.05) is 19.0 Å². The van der Waals surface area contributed by atoms with Gasteiger partial charge in [0, 0.05) is 52.2 Å². The minimum atomic E-state index is -0.260. The first-order valence-electron chi connectivity index (χ1n) is 8.14. The van der Waals surface area contributed by atoms with Crippen LogP contribution >= 0.6 is 0 Å². The lowest BCUT2D eigenvalue weighted by atomic mass is 10.1. The lowest BCUT2D eigenvalue weighted by Crippen LogP contribution is -2.19. The monoisotopic (exact) mass is 342 g/mol. The van der Waals surface area contributed by atoms with Crippen LogP contribution in [0.5, 0.6) is 0 Å². The molecular formula is C18H23FN6. The van der Waals surface area contributed by atoms with Gasteiger partial charge in [-0.15, -0.1) is 0 Å². The standard InChI is InChI=1S/C18H23FN6/c1-13-15(18(23(2)3)24(4)22-13)11-21-10-14-5-6-17(16(19)9-14)25-8-7-20-12-25/h5-9,12,21H,10-11H2,1-4H3. The van der Waals surface area contributed by atoms with Crippen molar-refractivity contribution in [3.05, 3.63) is 59.6 Å². The smallest absolute Gasteiger partial charge is 0.147 e. The van der Waals surface area contributed by atoms with Crippen LogP contribution in [0.2, 0.25) is 0 Å². The average Bonchev–Trinajstić information content (AvgIpc) is 3.16. The molecule has 0 amide bonds. The summed E-state index contributed by atoms with van der Waals surface area (Å²) in [6, 6.07) is 5.26. The Labute approximate surface area is 146 Å². The predicted octanol–water partition coefficient (Wildman–Crippen LogP) is 2.41. The Hall–Kier alpha value is -2.67. The van der Waals surface area contributed by atoms with Crippen molar-refractivity contribution in [2.24, 2.45) is 7.05 Å². The Balaban J connectivity index is 1.68.